The Morgan fingerprint density at radius 1 is 1.16 bits per heavy atom. The number of hydrogen-bond acceptors (Lipinski definition) is 2. The fourth-order valence-electron chi connectivity index (χ4n) is 2.58. The molecule has 1 aliphatic rings. The monoisotopic (exact) mass is 259 g/mol. The van der Waals surface area contributed by atoms with Crippen molar-refractivity contribution in [2.75, 3.05) is 5.32 Å². The van der Waals surface area contributed by atoms with Crippen molar-refractivity contribution in [2.45, 2.75) is 39.5 Å². The van der Waals surface area contributed by atoms with E-state index in [1.807, 2.05) is 6.07 Å². The molecule has 0 aliphatic heterocycles. The van der Waals surface area contributed by atoms with Gasteiger partial charge in [0.05, 0.1) is 0 Å². The van der Waals surface area contributed by atoms with Gasteiger partial charge < -0.3 is 5.32 Å². The standard InChI is InChI=1S/C16H21NO2/c1-11-6-8-13(9-7-11)16(19)17-15-5-3-4-14(10-15)12(2)18/h3-5,10-11,13H,6-9H2,1-2H3,(H,17,19). The summed E-state index contributed by atoms with van der Waals surface area (Å²) >= 11 is 0. The van der Waals surface area contributed by atoms with E-state index in [0.717, 1.165) is 37.3 Å². The quantitative estimate of drug-likeness (QED) is 0.842. The molecule has 0 radical (unpaired) electrons. The van der Waals surface area contributed by atoms with Gasteiger partial charge in [0, 0.05) is 17.2 Å². The minimum absolute atomic E-state index is 0.0163. The van der Waals surface area contributed by atoms with E-state index in [0.29, 0.717) is 5.56 Å². The summed E-state index contributed by atoms with van der Waals surface area (Å²) in [4.78, 5) is 23.5. The summed E-state index contributed by atoms with van der Waals surface area (Å²) in [6.45, 7) is 3.77. The number of ketones is 1. The van der Waals surface area contributed by atoms with Crippen LogP contribution in [-0.2, 0) is 4.79 Å². The number of anilines is 1. The van der Waals surface area contributed by atoms with Gasteiger partial charge in [0.1, 0.15) is 0 Å². The molecule has 3 nitrogen and oxygen atoms in total. The summed E-state index contributed by atoms with van der Waals surface area (Å²) in [5, 5.41) is 2.93. The predicted octanol–water partition coefficient (Wildman–Crippen LogP) is 3.65. The third-order valence-corrected chi connectivity index (χ3v) is 3.92. The fraction of sp³-hybridized carbons (Fsp3) is 0.500. The third-order valence-electron chi connectivity index (χ3n) is 3.92. The second-order valence-electron chi connectivity index (χ2n) is 5.58. The summed E-state index contributed by atoms with van der Waals surface area (Å²) in [6, 6.07) is 7.14. The Balaban J connectivity index is 1.98. The zero-order chi connectivity index (χ0) is 13.8. The van der Waals surface area contributed by atoms with E-state index >= 15 is 0 Å². The van der Waals surface area contributed by atoms with Crippen LogP contribution in [0.1, 0.15) is 49.9 Å². The molecule has 1 aromatic carbocycles. The lowest BCUT2D eigenvalue weighted by Crippen LogP contribution is -2.26. The molecule has 0 unspecified atom stereocenters. The minimum atomic E-state index is 0.0163. The Hall–Kier alpha value is -1.64. The first-order valence-corrected chi connectivity index (χ1v) is 6.98. The summed E-state index contributed by atoms with van der Waals surface area (Å²) in [7, 11) is 0. The average Bonchev–Trinajstić information content (AvgIpc) is 2.39. The van der Waals surface area contributed by atoms with E-state index in [1.165, 1.54) is 6.92 Å². The molecule has 0 aromatic heterocycles. The maximum absolute atomic E-state index is 12.2. The lowest BCUT2D eigenvalue weighted by atomic mass is 9.82. The average molecular weight is 259 g/mol. The van der Waals surface area contributed by atoms with Crippen molar-refractivity contribution in [1.29, 1.82) is 0 Å². The largest absolute Gasteiger partial charge is 0.326 e. The van der Waals surface area contributed by atoms with Gasteiger partial charge in [-0.1, -0.05) is 19.1 Å². The smallest absolute Gasteiger partial charge is 0.227 e. The number of nitrogens with one attached hydrogen (secondary N) is 1. The molecule has 1 fully saturated rings. The van der Waals surface area contributed by atoms with Gasteiger partial charge in [-0.2, -0.15) is 0 Å². The Morgan fingerprint density at radius 2 is 1.84 bits per heavy atom. The van der Waals surface area contributed by atoms with Crippen LogP contribution in [0.4, 0.5) is 5.69 Å². The van der Waals surface area contributed by atoms with Crippen LogP contribution in [0.15, 0.2) is 24.3 Å². The van der Waals surface area contributed by atoms with E-state index in [9.17, 15) is 9.59 Å². The molecule has 1 N–H and O–H groups in total. The number of Topliss-reactive ketones (excluding diaryl/α,β-unsaturated/α-hetero) is 1. The predicted molar refractivity (Wildman–Crippen MR) is 76.2 cm³/mol. The van der Waals surface area contributed by atoms with E-state index in [4.69, 9.17) is 0 Å². The molecule has 1 aromatic rings. The highest BCUT2D eigenvalue weighted by atomic mass is 16.2. The lowest BCUT2D eigenvalue weighted by molar-refractivity contribution is -0.121. The summed E-state index contributed by atoms with van der Waals surface area (Å²) in [5.41, 5.74) is 1.35. The molecule has 1 amide bonds. The van der Waals surface area contributed by atoms with Gasteiger partial charge in [-0.05, 0) is 50.7 Å². The van der Waals surface area contributed by atoms with Crippen LogP contribution in [0.2, 0.25) is 0 Å². The van der Waals surface area contributed by atoms with E-state index in [-0.39, 0.29) is 17.6 Å². The van der Waals surface area contributed by atoms with E-state index in [1.54, 1.807) is 18.2 Å². The topological polar surface area (TPSA) is 46.2 Å². The molecular formula is C16H21NO2. The molecule has 0 saturated heterocycles. The number of rotatable bonds is 3. The van der Waals surface area contributed by atoms with Gasteiger partial charge in [0.15, 0.2) is 5.78 Å². The Kier molecular flexibility index (Phi) is 4.35. The first-order chi connectivity index (χ1) is 9.06. The highest BCUT2D eigenvalue weighted by Crippen LogP contribution is 2.29. The molecular weight excluding hydrogens is 238 g/mol. The van der Waals surface area contributed by atoms with Crippen LogP contribution in [0.25, 0.3) is 0 Å². The minimum Gasteiger partial charge on any atom is -0.326 e. The Morgan fingerprint density at radius 3 is 2.47 bits per heavy atom. The normalized spacial score (nSPS) is 22.8. The molecule has 102 valence electrons. The second-order valence-corrected chi connectivity index (χ2v) is 5.58. The van der Waals surface area contributed by atoms with Crippen molar-refractivity contribution in [3.05, 3.63) is 29.8 Å². The van der Waals surface area contributed by atoms with Crippen molar-refractivity contribution < 1.29 is 9.59 Å². The highest BCUT2D eigenvalue weighted by Gasteiger charge is 2.24. The molecule has 0 heterocycles. The molecule has 3 heteroatoms. The van der Waals surface area contributed by atoms with Crippen LogP contribution < -0.4 is 5.32 Å². The number of benzene rings is 1. The first-order valence-electron chi connectivity index (χ1n) is 6.98. The molecule has 0 bridgehead atoms. The second kappa shape index (κ2) is 6.00. The summed E-state index contributed by atoms with van der Waals surface area (Å²) in [5.74, 6) is 0.970. The first kappa shape index (κ1) is 13.8. The van der Waals surface area contributed by atoms with Crippen molar-refractivity contribution in [2.24, 2.45) is 11.8 Å². The zero-order valence-electron chi connectivity index (χ0n) is 11.6. The Bertz CT molecular complexity index is 473. The third kappa shape index (κ3) is 3.66. The highest BCUT2D eigenvalue weighted by molar-refractivity contribution is 5.97. The van der Waals surface area contributed by atoms with E-state index < -0.39 is 0 Å². The van der Waals surface area contributed by atoms with Crippen LogP contribution in [0.3, 0.4) is 0 Å². The molecule has 0 atom stereocenters. The number of amides is 1. The van der Waals surface area contributed by atoms with Gasteiger partial charge in [0.2, 0.25) is 5.91 Å². The summed E-state index contributed by atoms with van der Waals surface area (Å²) < 4.78 is 0. The molecule has 0 spiro atoms. The van der Waals surface area contributed by atoms with Crippen LogP contribution in [0.5, 0.6) is 0 Å². The van der Waals surface area contributed by atoms with Gasteiger partial charge in [-0.25, -0.2) is 0 Å². The maximum Gasteiger partial charge on any atom is 0.227 e. The van der Waals surface area contributed by atoms with Gasteiger partial charge in [-0.15, -0.1) is 0 Å². The van der Waals surface area contributed by atoms with Crippen LogP contribution in [0, 0.1) is 11.8 Å². The maximum atomic E-state index is 12.2. The lowest BCUT2D eigenvalue weighted by Gasteiger charge is -2.25. The fourth-order valence-corrected chi connectivity index (χ4v) is 2.58. The van der Waals surface area contributed by atoms with Crippen LogP contribution >= 0.6 is 0 Å². The van der Waals surface area contributed by atoms with Gasteiger partial charge >= 0.3 is 0 Å². The van der Waals surface area contributed by atoms with Crippen molar-refractivity contribution in [3.8, 4) is 0 Å². The van der Waals surface area contributed by atoms with Crippen LogP contribution in [-0.4, -0.2) is 11.7 Å². The van der Waals surface area contributed by atoms with E-state index in [2.05, 4.69) is 12.2 Å². The number of hydrogen-bond donors (Lipinski definition) is 1. The molecule has 2 rings (SSSR count). The Labute approximate surface area is 114 Å². The number of carbonyl (C=O) groups is 2. The molecule has 19 heavy (non-hydrogen) atoms. The van der Waals surface area contributed by atoms with Crippen molar-refractivity contribution in [1.82, 2.24) is 0 Å². The zero-order valence-corrected chi connectivity index (χ0v) is 11.6. The molecule has 1 aliphatic carbocycles. The molecule has 1 saturated carbocycles. The van der Waals surface area contributed by atoms with Crippen molar-refractivity contribution >= 4 is 17.4 Å². The van der Waals surface area contributed by atoms with Crippen molar-refractivity contribution in [3.63, 3.8) is 0 Å². The number of carbonyl (C=O) groups excluding carboxylic acids is 2. The van der Waals surface area contributed by atoms with Gasteiger partial charge in [-0.3, -0.25) is 9.59 Å². The van der Waals surface area contributed by atoms with Gasteiger partial charge in [0.25, 0.3) is 0 Å². The summed E-state index contributed by atoms with van der Waals surface area (Å²) in [6.07, 6.45) is 4.20. The SMILES string of the molecule is CC(=O)c1cccc(NC(=O)C2CCC(C)CC2)c1.